The molecule has 0 aromatic carbocycles. The molecule has 0 amide bonds. The number of hydrogen-bond acceptors (Lipinski definition) is 2. The Kier molecular flexibility index (Phi) is 2.55. The highest BCUT2D eigenvalue weighted by atomic mass is 16.6. The Bertz CT molecular complexity index is 206. The molecule has 2 heteroatoms. The lowest BCUT2D eigenvalue weighted by molar-refractivity contribution is 0.000623. The normalized spacial score (nSPS) is 23.2. The summed E-state index contributed by atoms with van der Waals surface area (Å²) in [6.07, 6.45) is 4.11. The Hall–Kier alpha value is -0.790. The molecule has 1 rings (SSSR count). The maximum atomic E-state index is 5.32. The summed E-state index contributed by atoms with van der Waals surface area (Å²) in [5.74, 6) is 0. The smallest absolute Gasteiger partial charge is 0.138 e. The monoisotopic (exact) mass is 167 g/mol. The Balaban J connectivity index is 2.54. The number of allylic oxidation sites excluding steroid dienone is 1. The van der Waals surface area contributed by atoms with E-state index in [0.29, 0.717) is 0 Å². The first-order chi connectivity index (χ1) is 5.56. The Labute approximate surface area is 74.3 Å². The number of nitrogens with zero attached hydrogens (tertiary/aromatic N) is 1. The van der Waals surface area contributed by atoms with Crippen LogP contribution in [0.3, 0.4) is 0 Å². The quantitative estimate of drug-likeness (QED) is 0.592. The van der Waals surface area contributed by atoms with E-state index in [-0.39, 0.29) is 11.5 Å². The predicted octanol–water partition coefficient (Wildman–Crippen LogP) is 2.75. The molecule has 0 saturated heterocycles. The summed E-state index contributed by atoms with van der Waals surface area (Å²) in [5, 5.41) is 3.95. The van der Waals surface area contributed by atoms with Crippen molar-refractivity contribution in [1.82, 2.24) is 0 Å². The van der Waals surface area contributed by atoms with E-state index in [1.54, 1.807) is 0 Å². The molecule has 0 N–H and O–H groups in total. The zero-order valence-electron chi connectivity index (χ0n) is 8.13. The molecule has 0 radical (unpaired) electrons. The summed E-state index contributed by atoms with van der Waals surface area (Å²) < 4.78 is 0. The van der Waals surface area contributed by atoms with Gasteiger partial charge in [0.1, 0.15) is 6.10 Å². The molecule has 0 bridgehead atoms. The van der Waals surface area contributed by atoms with Gasteiger partial charge in [-0.3, -0.25) is 0 Å². The molecular weight excluding hydrogens is 150 g/mol. The molecule has 12 heavy (non-hydrogen) atoms. The first-order valence-electron chi connectivity index (χ1n) is 4.36. The van der Waals surface area contributed by atoms with Gasteiger partial charge in [-0.25, -0.2) is 0 Å². The third kappa shape index (κ3) is 1.87. The molecule has 0 aromatic heterocycles. The van der Waals surface area contributed by atoms with E-state index in [4.69, 9.17) is 4.84 Å². The molecule has 2 nitrogen and oxygen atoms in total. The first-order valence-corrected chi connectivity index (χ1v) is 4.36. The van der Waals surface area contributed by atoms with Crippen molar-refractivity contribution in [2.75, 3.05) is 0 Å². The average Bonchev–Trinajstić information content (AvgIpc) is 2.36. The summed E-state index contributed by atoms with van der Waals surface area (Å²) in [7, 11) is 0. The highest BCUT2D eigenvalue weighted by molar-refractivity contribution is 5.82. The van der Waals surface area contributed by atoms with E-state index >= 15 is 0 Å². The highest BCUT2D eigenvalue weighted by Gasteiger charge is 2.33. The van der Waals surface area contributed by atoms with Crippen molar-refractivity contribution in [2.45, 2.75) is 39.7 Å². The number of hydrogen-bond donors (Lipinski definition) is 0. The highest BCUT2D eigenvalue weighted by Crippen LogP contribution is 2.33. The summed E-state index contributed by atoms with van der Waals surface area (Å²) in [4.78, 5) is 5.32. The van der Waals surface area contributed by atoms with E-state index in [1.807, 2.05) is 13.0 Å². The summed E-state index contributed by atoms with van der Waals surface area (Å²) in [6.45, 7) is 10.1. The van der Waals surface area contributed by atoms with Gasteiger partial charge in [0.05, 0.1) is 5.71 Å². The standard InChI is InChI=1S/C10H17NO/c1-5-6-10(3,4)9-7-8(2)11-12-9/h5,9H,1,6-7H2,2-4H3. The van der Waals surface area contributed by atoms with Crippen LogP contribution in [0.15, 0.2) is 17.8 Å². The van der Waals surface area contributed by atoms with Gasteiger partial charge in [-0.2, -0.15) is 0 Å². The van der Waals surface area contributed by atoms with Gasteiger partial charge in [0.2, 0.25) is 0 Å². The Morgan fingerprint density at radius 2 is 2.42 bits per heavy atom. The lowest BCUT2D eigenvalue weighted by Crippen LogP contribution is -2.28. The van der Waals surface area contributed by atoms with Crippen molar-refractivity contribution < 1.29 is 4.84 Å². The molecule has 1 aliphatic rings. The molecule has 0 aliphatic carbocycles. The van der Waals surface area contributed by atoms with Crippen LogP contribution >= 0.6 is 0 Å². The summed E-state index contributed by atoms with van der Waals surface area (Å²) in [6, 6.07) is 0. The van der Waals surface area contributed by atoms with Crippen molar-refractivity contribution in [1.29, 1.82) is 0 Å². The fourth-order valence-corrected chi connectivity index (χ4v) is 1.42. The SMILES string of the molecule is C=CCC(C)(C)C1CC(C)=NO1. The number of rotatable bonds is 3. The lowest BCUT2D eigenvalue weighted by atomic mass is 9.81. The zero-order chi connectivity index (χ0) is 9.19. The van der Waals surface area contributed by atoms with Crippen LogP contribution in [0.25, 0.3) is 0 Å². The molecule has 1 aliphatic heterocycles. The Morgan fingerprint density at radius 3 is 2.83 bits per heavy atom. The van der Waals surface area contributed by atoms with Crippen LogP contribution in [0.2, 0.25) is 0 Å². The van der Waals surface area contributed by atoms with Gasteiger partial charge < -0.3 is 4.84 Å². The molecule has 0 aromatic rings. The largest absolute Gasteiger partial charge is 0.392 e. The molecule has 0 fully saturated rings. The third-order valence-corrected chi connectivity index (χ3v) is 2.36. The molecule has 1 unspecified atom stereocenters. The maximum Gasteiger partial charge on any atom is 0.138 e. The number of oxime groups is 1. The summed E-state index contributed by atoms with van der Waals surface area (Å²) in [5.41, 5.74) is 1.25. The van der Waals surface area contributed by atoms with Gasteiger partial charge >= 0.3 is 0 Å². The fraction of sp³-hybridized carbons (Fsp3) is 0.700. The van der Waals surface area contributed by atoms with E-state index in [0.717, 1.165) is 18.6 Å². The minimum Gasteiger partial charge on any atom is -0.392 e. The van der Waals surface area contributed by atoms with E-state index in [2.05, 4.69) is 25.6 Å². The van der Waals surface area contributed by atoms with Crippen molar-refractivity contribution in [3.63, 3.8) is 0 Å². The van der Waals surface area contributed by atoms with Crippen LogP contribution in [-0.4, -0.2) is 11.8 Å². The van der Waals surface area contributed by atoms with E-state index in [9.17, 15) is 0 Å². The molecule has 1 atom stereocenters. The van der Waals surface area contributed by atoms with Crippen LogP contribution in [0, 0.1) is 5.41 Å². The molecule has 0 spiro atoms. The van der Waals surface area contributed by atoms with Gasteiger partial charge in [-0.15, -0.1) is 6.58 Å². The minimum atomic E-state index is 0.156. The first kappa shape index (κ1) is 9.30. The second kappa shape index (κ2) is 3.30. The van der Waals surface area contributed by atoms with Crippen molar-refractivity contribution >= 4 is 5.71 Å². The van der Waals surface area contributed by atoms with E-state index in [1.165, 1.54) is 0 Å². The third-order valence-electron chi connectivity index (χ3n) is 2.36. The molecule has 68 valence electrons. The van der Waals surface area contributed by atoms with Crippen LogP contribution in [-0.2, 0) is 4.84 Å². The van der Waals surface area contributed by atoms with Gasteiger partial charge in [0, 0.05) is 11.8 Å². The average molecular weight is 167 g/mol. The second-order valence-corrected chi connectivity index (χ2v) is 4.11. The van der Waals surface area contributed by atoms with Gasteiger partial charge in [-0.1, -0.05) is 25.1 Å². The summed E-state index contributed by atoms with van der Waals surface area (Å²) >= 11 is 0. The van der Waals surface area contributed by atoms with Crippen LogP contribution in [0.1, 0.15) is 33.6 Å². The van der Waals surface area contributed by atoms with E-state index < -0.39 is 0 Å². The van der Waals surface area contributed by atoms with Crippen LogP contribution < -0.4 is 0 Å². The predicted molar refractivity (Wildman–Crippen MR) is 51.2 cm³/mol. The maximum absolute atomic E-state index is 5.32. The van der Waals surface area contributed by atoms with Crippen molar-refractivity contribution in [3.8, 4) is 0 Å². The molecular formula is C10H17NO. The van der Waals surface area contributed by atoms with Crippen molar-refractivity contribution in [3.05, 3.63) is 12.7 Å². The van der Waals surface area contributed by atoms with Gasteiger partial charge in [0.25, 0.3) is 0 Å². The zero-order valence-corrected chi connectivity index (χ0v) is 8.13. The van der Waals surface area contributed by atoms with Crippen LogP contribution in [0.4, 0.5) is 0 Å². The minimum absolute atomic E-state index is 0.156. The van der Waals surface area contributed by atoms with Crippen molar-refractivity contribution in [2.24, 2.45) is 10.6 Å². The fourth-order valence-electron chi connectivity index (χ4n) is 1.42. The van der Waals surface area contributed by atoms with Crippen LogP contribution in [0.5, 0.6) is 0 Å². The second-order valence-electron chi connectivity index (χ2n) is 4.11. The van der Waals surface area contributed by atoms with Gasteiger partial charge in [0.15, 0.2) is 0 Å². The molecule has 0 saturated carbocycles. The Morgan fingerprint density at radius 1 is 1.75 bits per heavy atom. The lowest BCUT2D eigenvalue weighted by Gasteiger charge is -2.27. The van der Waals surface area contributed by atoms with Gasteiger partial charge in [-0.05, 0) is 13.3 Å². The molecule has 1 heterocycles. The topological polar surface area (TPSA) is 21.6 Å².